The predicted molar refractivity (Wildman–Crippen MR) is 75.9 cm³/mol. The summed E-state index contributed by atoms with van der Waals surface area (Å²) in [5.41, 5.74) is 2.53. The van der Waals surface area contributed by atoms with Crippen molar-refractivity contribution < 1.29 is 9.47 Å². The van der Waals surface area contributed by atoms with Gasteiger partial charge in [0.25, 0.3) is 0 Å². The van der Waals surface area contributed by atoms with Crippen LogP contribution in [0, 0.1) is 0 Å². The summed E-state index contributed by atoms with van der Waals surface area (Å²) in [6.45, 7) is 8.79. The smallest absolute Gasteiger partial charge is 0.120 e. The Hall–Kier alpha value is -1.06. The van der Waals surface area contributed by atoms with E-state index in [0.717, 1.165) is 25.3 Å². The third-order valence-corrected chi connectivity index (χ3v) is 2.74. The minimum Gasteiger partial charge on any atom is -0.361 e. The van der Waals surface area contributed by atoms with Crippen LogP contribution in [-0.2, 0) is 15.9 Å². The van der Waals surface area contributed by atoms with E-state index in [0.29, 0.717) is 13.5 Å². The van der Waals surface area contributed by atoms with Gasteiger partial charge in [-0.15, -0.1) is 0 Å². The SMILES string of the molecule is CCCc1ccc(N(COCC)COCC)cc1. The Labute approximate surface area is 111 Å². The molecule has 3 heteroatoms. The van der Waals surface area contributed by atoms with Crippen molar-refractivity contribution in [3.8, 4) is 0 Å². The summed E-state index contributed by atoms with van der Waals surface area (Å²) in [6.07, 6.45) is 2.32. The Morgan fingerprint density at radius 1 is 0.889 bits per heavy atom. The molecular weight excluding hydrogens is 226 g/mol. The van der Waals surface area contributed by atoms with E-state index in [2.05, 4.69) is 36.1 Å². The quantitative estimate of drug-likeness (QED) is 0.628. The number of rotatable bonds is 9. The van der Waals surface area contributed by atoms with Crippen LogP contribution in [-0.4, -0.2) is 26.7 Å². The van der Waals surface area contributed by atoms with Gasteiger partial charge < -0.3 is 14.4 Å². The van der Waals surface area contributed by atoms with E-state index in [-0.39, 0.29) is 0 Å². The highest BCUT2D eigenvalue weighted by molar-refractivity contribution is 5.46. The Kier molecular flexibility index (Phi) is 7.46. The fourth-order valence-corrected chi connectivity index (χ4v) is 1.75. The second kappa shape index (κ2) is 8.95. The third kappa shape index (κ3) is 5.07. The zero-order valence-electron chi connectivity index (χ0n) is 11.8. The van der Waals surface area contributed by atoms with Gasteiger partial charge in [-0.1, -0.05) is 25.5 Å². The third-order valence-electron chi connectivity index (χ3n) is 2.74. The van der Waals surface area contributed by atoms with Crippen molar-refractivity contribution in [2.75, 3.05) is 31.6 Å². The zero-order chi connectivity index (χ0) is 13.2. The molecule has 102 valence electrons. The van der Waals surface area contributed by atoms with Crippen LogP contribution >= 0.6 is 0 Å². The molecule has 1 aromatic rings. The number of ether oxygens (including phenoxy) is 2. The van der Waals surface area contributed by atoms with E-state index in [1.807, 2.05) is 13.8 Å². The first kappa shape index (κ1) is 15.0. The van der Waals surface area contributed by atoms with Crippen LogP contribution in [0.2, 0.25) is 0 Å². The Morgan fingerprint density at radius 3 is 1.89 bits per heavy atom. The minimum atomic E-state index is 0.573. The molecule has 18 heavy (non-hydrogen) atoms. The van der Waals surface area contributed by atoms with Crippen LogP contribution in [0.3, 0.4) is 0 Å². The van der Waals surface area contributed by atoms with E-state index >= 15 is 0 Å². The van der Waals surface area contributed by atoms with Crippen molar-refractivity contribution in [2.45, 2.75) is 33.6 Å². The predicted octanol–water partition coefficient (Wildman–Crippen LogP) is 3.43. The largest absolute Gasteiger partial charge is 0.361 e. The average Bonchev–Trinajstić information content (AvgIpc) is 2.41. The van der Waals surface area contributed by atoms with Crippen LogP contribution < -0.4 is 4.90 Å². The van der Waals surface area contributed by atoms with E-state index in [9.17, 15) is 0 Å². The first-order valence-electron chi connectivity index (χ1n) is 6.81. The van der Waals surface area contributed by atoms with Gasteiger partial charge in [0.2, 0.25) is 0 Å². The molecule has 0 radical (unpaired) electrons. The summed E-state index contributed by atoms with van der Waals surface area (Å²) in [5.74, 6) is 0. The van der Waals surface area contributed by atoms with Crippen LogP contribution in [0.15, 0.2) is 24.3 Å². The number of benzene rings is 1. The number of hydrogen-bond donors (Lipinski definition) is 0. The highest BCUT2D eigenvalue weighted by Gasteiger charge is 2.06. The van der Waals surface area contributed by atoms with Crippen molar-refractivity contribution in [3.05, 3.63) is 29.8 Å². The maximum absolute atomic E-state index is 5.47. The van der Waals surface area contributed by atoms with Gasteiger partial charge >= 0.3 is 0 Å². The van der Waals surface area contributed by atoms with E-state index in [4.69, 9.17) is 9.47 Å². The Balaban J connectivity index is 2.64. The van der Waals surface area contributed by atoms with Gasteiger partial charge in [-0.05, 0) is 38.0 Å². The maximum Gasteiger partial charge on any atom is 0.120 e. The van der Waals surface area contributed by atoms with Gasteiger partial charge in [0.1, 0.15) is 13.5 Å². The second-order valence-electron chi connectivity index (χ2n) is 4.20. The fraction of sp³-hybridized carbons (Fsp3) is 0.600. The highest BCUT2D eigenvalue weighted by atomic mass is 16.5. The van der Waals surface area contributed by atoms with Gasteiger partial charge in [-0.2, -0.15) is 0 Å². The van der Waals surface area contributed by atoms with E-state index in [1.165, 1.54) is 12.0 Å². The highest BCUT2D eigenvalue weighted by Crippen LogP contribution is 2.16. The minimum absolute atomic E-state index is 0.573. The van der Waals surface area contributed by atoms with Crippen LogP contribution in [0.5, 0.6) is 0 Å². The molecule has 1 rings (SSSR count). The number of aryl methyl sites for hydroxylation is 1. The number of nitrogens with zero attached hydrogens (tertiary/aromatic N) is 1. The van der Waals surface area contributed by atoms with Gasteiger partial charge in [0, 0.05) is 18.9 Å². The number of anilines is 1. The van der Waals surface area contributed by atoms with Crippen molar-refractivity contribution in [1.29, 1.82) is 0 Å². The standard InChI is InChI=1S/C15H25NO2/c1-4-7-14-8-10-15(11-9-14)16(12-17-5-2)13-18-6-3/h8-11H,4-7,12-13H2,1-3H3. The van der Waals surface area contributed by atoms with Crippen LogP contribution in [0.1, 0.15) is 32.8 Å². The normalized spacial score (nSPS) is 10.6. The monoisotopic (exact) mass is 251 g/mol. The lowest BCUT2D eigenvalue weighted by Crippen LogP contribution is -2.29. The molecule has 0 saturated carbocycles. The lowest BCUT2D eigenvalue weighted by molar-refractivity contribution is 0.0960. The van der Waals surface area contributed by atoms with Gasteiger partial charge in [0.15, 0.2) is 0 Å². The van der Waals surface area contributed by atoms with Crippen molar-refractivity contribution in [1.82, 2.24) is 0 Å². The summed E-state index contributed by atoms with van der Waals surface area (Å²) in [6, 6.07) is 8.65. The van der Waals surface area contributed by atoms with Crippen LogP contribution in [0.25, 0.3) is 0 Å². The van der Waals surface area contributed by atoms with E-state index in [1.54, 1.807) is 0 Å². The lowest BCUT2D eigenvalue weighted by atomic mass is 10.1. The molecule has 0 amide bonds. The maximum atomic E-state index is 5.47. The van der Waals surface area contributed by atoms with Gasteiger partial charge in [0.05, 0.1) is 0 Å². The molecule has 0 aliphatic rings. The van der Waals surface area contributed by atoms with Crippen molar-refractivity contribution in [3.63, 3.8) is 0 Å². The molecule has 0 unspecified atom stereocenters. The van der Waals surface area contributed by atoms with Gasteiger partial charge in [-0.3, -0.25) is 0 Å². The van der Waals surface area contributed by atoms with Crippen molar-refractivity contribution in [2.24, 2.45) is 0 Å². The molecule has 0 atom stereocenters. The molecule has 0 aliphatic heterocycles. The molecule has 1 aromatic carbocycles. The Bertz CT molecular complexity index is 303. The first-order valence-corrected chi connectivity index (χ1v) is 6.81. The summed E-state index contributed by atoms with van der Waals surface area (Å²) in [7, 11) is 0. The topological polar surface area (TPSA) is 21.7 Å². The molecule has 0 spiro atoms. The average molecular weight is 251 g/mol. The number of hydrogen-bond acceptors (Lipinski definition) is 3. The van der Waals surface area contributed by atoms with E-state index < -0.39 is 0 Å². The summed E-state index contributed by atoms with van der Waals surface area (Å²) < 4.78 is 10.9. The molecule has 0 heterocycles. The zero-order valence-corrected chi connectivity index (χ0v) is 11.8. The fourth-order valence-electron chi connectivity index (χ4n) is 1.75. The lowest BCUT2D eigenvalue weighted by Gasteiger charge is -2.24. The summed E-state index contributed by atoms with van der Waals surface area (Å²) in [4.78, 5) is 2.10. The molecule has 0 saturated heterocycles. The van der Waals surface area contributed by atoms with Crippen molar-refractivity contribution >= 4 is 5.69 Å². The van der Waals surface area contributed by atoms with Gasteiger partial charge in [-0.25, -0.2) is 0 Å². The van der Waals surface area contributed by atoms with Crippen LogP contribution in [0.4, 0.5) is 5.69 Å². The summed E-state index contributed by atoms with van der Waals surface area (Å²) in [5, 5.41) is 0. The second-order valence-corrected chi connectivity index (χ2v) is 4.20. The molecular formula is C15H25NO2. The molecule has 0 aromatic heterocycles. The summed E-state index contributed by atoms with van der Waals surface area (Å²) >= 11 is 0. The molecule has 0 bridgehead atoms. The molecule has 0 N–H and O–H groups in total. The Morgan fingerprint density at radius 2 is 1.44 bits per heavy atom. The molecule has 0 aliphatic carbocycles. The molecule has 3 nitrogen and oxygen atoms in total. The first-order chi connectivity index (χ1) is 8.81. The molecule has 0 fully saturated rings.